The Hall–Kier alpha value is -14.5. The highest BCUT2D eigenvalue weighted by molar-refractivity contribution is 7.99. The molecule has 0 aliphatic carbocycles. The molecule has 0 spiro atoms. The number of nitrogen functional groups attached to an aromatic ring is 1. The number of hydrogen-bond acceptors (Lipinski definition) is 29. The molecule has 124 heavy (non-hydrogen) atoms. The molecular formula is C92H77ClN20O7S4. The van der Waals surface area contributed by atoms with Crippen molar-refractivity contribution < 1.29 is 31.6 Å². The van der Waals surface area contributed by atoms with Crippen LogP contribution >= 0.6 is 35.1 Å². The van der Waals surface area contributed by atoms with Crippen LogP contribution in [-0.4, -0.2) is 75.5 Å². The van der Waals surface area contributed by atoms with Gasteiger partial charge in [0.1, 0.15) is 27.9 Å². The zero-order valence-corrected chi connectivity index (χ0v) is 72.5. The lowest BCUT2D eigenvalue weighted by molar-refractivity contribution is 0.435. The van der Waals surface area contributed by atoms with Gasteiger partial charge in [-0.2, -0.15) is 62.0 Å². The van der Waals surface area contributed by atoms with Crippen molar-refractivity contribution in [2.24, 2.45) is 0 Å². The van der Waals surface area contributed by atoms with E-state index in [2.05, 4.69) is 93.3 Å². The van der Waals surface area contributed by atoms with Crippen molar-refractivity contribution >= 4 is 96.4 Å². The standard InChI is InChI=1S/C23H19N5O3S.C23H19N5O2S.C23H19N5OS.C16H14ClN3OS.C7H6N2/c1-14-10-17(13-25)11-15(2)20(14)31-22-21-19(4-3-9-32(21,29)30)27-23(28-22)26-18-7-5-16(12-24)6-8-18;1-14-10-17(13-25)11-15(2)20(14)30-22-21-19(4-3-9-31(21)29)27-23(28-22)26-18-7-5-16(12-24)6-8-18;1-14-10-17(13-25)11-15(2)20(14)29-22-21-19(4-3-9-30-21)27-23(28-22)26-18-7-5-16(12-24)6-8-18;1-9-6-11(8-18)7-10(2)13(9)21-15-14-12(4-3-5-22-14)19-16(17)20-15;8-5-6-1-3-7(9)4-2-6/h5-8,10-11H,3-4,9H2,1-2H3,(H,26,27,28);5-8,10-11H,3-4,9H2,1-2H3,(H,26,27,28);5-8,10-11H,3-4,9H2,1-2H3,(H,26,27,28);6-7H,3-5H2,1-2H3;1-4H,9H2. The van der Waals surface area contributed by atoms with Gasteiger partial charge in [-0.05, 0) is 320 Å². The number of benzene rings is 8. The summed E-state index contributed by atoms with van der Waals surface area (Å²) in [4.78, 5) is 38.3. The Kier molecular flexibility index (Phi) is 29.1. The number of halogens is 1. The second kappa shape index (κ2) is 40.7. The highest BCUT2D eigenvalue weighted by Crippen LogP contribution is 2.44. The van der Waals surface area contributed by atoms with Gasteiger partial charge in [0.05, 0.1) is 142 Å². The Balaban J connectivity index is 0.000000146. The third-order valence-corrected chi connectivity index (χ3v) is 25.2. The second-order valence-corrected chi connectivity index (χ2v) is 34.8. The fourth-order valence-corrected chi connectivity index (χ4v) is 18.7. The van der Waals surface area contributed by atoms with Crippen LogP contribution in [0.5, 0.6) is 46.5 Å². The van der Waals surface area contributed by atoms with Gasteiger partial charge < -0.3 is 40.6 Å². The van der Waals surface area contributed by atoms with E-state index in [1.165, 1.54) is 0 Å². The zero-order chi connectivity index (χ0) is 88.3. The number of nitrogens with one attached hydrogen (secondary N) is 3. The summed E-state index contributed by atoms with van der Waals surface area (Å²) in [7, 11) is -4.84. The van der Waals surface area contributed by atoms with Crippen LogP contribution < -0.4 is 40.6 Å². The minimum atomic E-state index is -3.60. The number of nitrogens with zero attached hydrogens (tertiary/aromatic N) is 16. The average Bonchev–Trinajstić information content (AvgIpc) is 0.765. The summed E-state index contributed by atoms with van der Waals surface area (Å²) in [6.45, 7) is 15.0. The maximum atomic E-state index is 12.8. The number of anilines is 7. The summed E-state index contributed by atoms with van der Waals surface area (Å²) in [5.74, 6) is 7.30. The predicted molar refractivity (Wildman–Crippen MR) is 473 cm³/mol. The Labute approximate surface area is 733 Å². The van der Waals surface area contributed by atoms with E-state index in [1.54, 1.807) is 147 Å². The number of hydrogen-bond donors (Lipinski definition) is 4. The van der Waals surface area contributed by atoms with Crippen LogP contribution in [-0.2, 0) is 46.3 Å². The van der Waals surface area contributed by atoms with Gasteiger partial charge in [-0.15, -0.1) is 23.5 Å². The maximum Gasteiger partial charge on any atom is 0.243 e. The molecule has 4 aliphatic rings. The van der Waals surface area contributed by atoms with Gasteiger partial charge >= 0.3 is 0 Å². The van der Waals surface area contributed by atoms with Gasteiger partial charge in [-0.3, -0.25) is 4.21 Å². The van der Waals surface area contributed by atoms with Crippen LogP contribution in [0.25, 0.3) is 0 Å². The van der Waals surface area contributed by atoms with Crippen LogP contribution in [0.15, 0.2) is 165 Å². The Morgan fingerprint density at radius 2 is 0.685 bits per heavy atom. The SMILES string of the molecule is Cc1cc(C#N)cc(C)c1Oc1nc(Cl)nc2c1SCCC2.Cc1cc(C#N)cc(C)c1Oc1nc(Nc2ccc(C#N)cc2)nc2c1S(=O)(=O)CCC2.Cc1cc(C#N)cc(C)c1Oc1nc(Nc2ccc(C#N)cc2)nc2c1S(=O)CCC2.Cc1cc(C#N)cc(C)c1Oc1nc(Nc2ccc(C#N)cc2)nc2c1SCCC2.N#Cc1ccc(N)cc1. The number of aromatic nitrogens is 8. The van der Waals surface area contributed by atoms with Crippen molar-refractivity contribution in [1.29, 1.82) is 42.1 Å². The van der Waals surface area contributed by atoms with Crippen LogP contribution in [0.3, 0.4) is 0 Å². The molecule has 0 amide bonds. The van der Waals surface area contributed by atoms with Crippen LogP contribution in [0.1, 0.15) is 137 Å². The second-order valence-electron chi connectivity index (χ2n) is 28.7. The van der Waals surface area contributed by atoms with E-state index in [0.29, 0.717) is 149 Å². The molecule has 12 aromatic rings. The number of fused-ring (bicyclic) bond motifs is 4. The molecule has 618 valence electrons. The lowest BCUT2D eigenvalue weighted by Gasteiger charge is -2.20. The van der Waals surface area contributed by atoms with Crippen molar-refractivity contribution in [2.45, 2.75) is 126 Å². The summed E-state index contributed by atoms with van der Waals surface area (Å²) in [5, 5.41) is 81.5. The first-order valence-corrected chi connectivity index (χ1v) is 44.1. The van der Waals surface area contributed by atoms with Gasteiger partial charge in [0, 0.05) is 28.5 Å². The third kappa shape index (κ3) is 22.2. The molecule has 5 N–H and O–H groups in total. The zero-order valence-electron chi connectivity index (χ0n) is 68.4. The molecule has 0 saturated heterocycles. The summed E-state index contributed by atoms with van der Waals surface area (Å²) in [6.07, 6.45) is 6.33. The third-order valence-electron chi connectivity index (χ3n) is 19.3. The number of rotatable bonds is 14. The number of sulfone groups is 1. The molecule has 16 rings (SSSR count). The minimum absolute atomic E-state index is 0.00739. The fraction of sp³-hybridized carbons (Fsp3) is 0.217. The Bertz CT molecular complexity index is 6550. The quantitative estimate of drug-likeness (QED) is 0.0580. The molecule has 32 heteroatoms. The lowest BCUT2D eigenvalue weighted by Crippen LogP contribution is -2.20. The largest absolute Gasteiger partial charge is 0.437 e. The number of nitrogens with two attached hydrogens (primary N) is 1. The Morgan fingerprint density at radius 1 is 0.379 bits per heavy atom. The molecule has 27 nitrogen and oxygen atoms in total. The van der Waals surface area contributed by atoms with Crippen LogP contribution in [0.2, 0.25) is 5.28 Å². The van der Waals surface area contributed by atoms with Crippen molar-refractivity contribution in [2.75, 3.05) is 44.7 Å². The van der Waals surface area contributed by atoms with Gasteiger partial charge in [-0.1, -0.05) is 0 Å². The molecule has 4 aliphatic heterocycles. The molecule has 1 atom stereocenters. The van der Waals surface area contributed by atoms with Crippen LogP contribution in [0, 0.1) is 146 Å². The molecule has 4 aromatic heterocycles. The predicted octanol–water partition coefficient (Wildman–Crippen LogP) is 19.5. The summed E-state index contributed by atoms with van der Waals surface area (Å²) in [5.41, 5.74) is 22.5. The highest BCUT2D eigenvalue weighted by atomic mass is 35.5. The van der Waals surface area contributed by atoms with Crippen molar-refractivity contribution in [3.8, 4) is 95.1 Å². The molecule has 0 saturated carbocycles. The van der Waals surface area contributed by atoms with E-state index in [9.17, 15) is 28.4 Å². The van der Waals surface area contributed by atoms with E-state index in [1.807, 2.05) is 84.0 Å². The van der Waals surface area contributed by atoms with Crippen LogP contribution in [0.4, 0.5) is 40.6 Å². The topological polar surface area (TPSA) is 444 Å². The number of ether oxygens (including phenoxy) is 4. The van der Waals surface area contributed by atoms with E-state index in [-0.39, 0.29) is 33.6 Å². The van der Waals surface area contributed by atoms with Gasteiger partial charge in [0.15, 0.2) is 14.7 Å². The van der Waals surface area contributed by atoms with Crippen molar-refractivity contribution in [3.05, 3.63) is 263 Å². The average molecular weight is 1740 g/mol. The van der Waals surface area contributed by atoms with Gasteiger partial charge in [-0.25, -0.2) is 28.4 Å². The van der Waals surface area contributed by atoms with Gasteiger partial charge in [0.2, 0.25) is 46.6 Å². The lowest BCUT2D eigenvalue weighted by atomic mass is 10.1. The summed E-state index contributed by atoms with van der Waals surface area (Å²) >= 11 is 9.43. The van der Waals surface area contributed by atoms with E-state index in [4.69, 9.17) is 67.6 Å². The Morgan fingerprint density at radius 3 is 1.07 bits per heavy atom. The molecule has 8 heterocycles. The first-order chi connectivity index (χ1) is 59.8. The van der Waals surface area contributed by atoms with E-state index in [0.717, 1.165) is 115 Å². The molecule has 8 aromatic carbocycles. The van der Waals surface area contributed by atoms with Crippen molar-refractivity contribution in [1.82, 2.24) is 39.9 Å². The first-order valence-electron chi connectivity index (χ1n) is 38.8. The maximum absolute atomic E-state index is 12.8. The highest BCUT2D eigenvalue weighted by Gasteiger charge is 2.33. The fourth-order valence-electron chi connectivity index (χ4n) is 13.6. The molecule has 1 unspecified atom stereocenters. The minimum Gasteiger partial charge on any atom is -0.437 e. The van der Waals surface area contributed by atoms with E-state index >= 15 is 0 Å². The number of nitriles is 8. The van der Waals surface area contributed by atoms with Crippen molar-refractivity contribution in [3.63, 3.8) is 0 Å². The molecular weight excluding hydrogens is 1660 g/mol. The summed E-state index contributed by atoms with van der Waals surface area (Å²) in [6, 6.07) is 58.6. The van der Waals surface area contributed by atoms with E-state index < -0.39 is 20.6 Å². The monoisotopic (exact) mass is 1740 g/mol. The normalized spacial score (nSPS) is 13.3. The molecule has 0 bridgehead atoms. The molecule has 0 fully saturated rings. The number of aryl methyl sites for hydroxylation is 12. The summed E-state index contributed by atoms with van der Waals surface area (Å²) < 4.78 is 63.0. The number of thioether (sulfide) groups is 2. The molecule has 0 radical (unpaired) electrons. The van der Waals surface area contributed by atoms with Gasteiger partial charge in [0.25, 0.3) is 0 Å². The smallest absolute Gasteiger partial charge is 0.243 e. The first kappa shape index (κ1) is 88.8.